The summed E-state index contributed by atoms with van der Waals surface area (Å²) in [5.41, 5.74) is 2.99. The molecular weight excluding hydrogens is 531 g/mol. The monoisotopic (exact) mass is 571 g/mol. The van der Waals surface area contributed by atoms with Crippen molar-refractivity contribution >= 4 is 36.2 Å². The molecule has 1 heterocycles. The average molecular weight is 572 g/mol. The third-order valence-corrected chi connectivity index (χ3v) is 8.25. The molecular formula is C30H40FN3O3P2. The van der Waals surface area contributed by atoms with Gasteiger partial charge in [0, 0.05) is 19.5 Å². The van der Waals surface area contributed by atoms with Crippen molar-refractivity contribution in [2.24, 2.45) is 0 Å². The molecule has 0 bridgehead atoms. The molecule has 2 aromatic rings. The first-order chi connectivity index (χ1) is 18.7. The molecule has 2 aliphatic rings. The van der Waals surface area contributed by atoms with Gasteiger partial charge in [0.15, 0.2) is 5.15 Å². The summed E-state index contributed by atoms with van der Waals surface area (Å²) in [5.74, 6) is -0.290. The summed E-state index contributed by atoms with van der Waals surface area (Å²) in [4.78, 5) is 40.8. The zero-order valence-corrected chi connectivity index (χ0v) is 25.0. The maximum Gasteiger partial charge on any atom is 0.245 e. The van der Waals surface area contributed by atoms with Gasteiger partial charge in [0.25, 0.3) is 0 Å². The van der Waals surface area contributed by atoms with Crippen LogP contribution in [0.5, 0.6) is 0 Å². The van der Waals surface area contributed by atoms with Crippen LogP contribution in [-0.4, -0.2) is 53.4 Å². The van der Waals surface area contributed by atoms with Crippen molar-refractivity contribution in [3.63, 3.8) is 0 Å². The predicted octanol–water partition coefficient (Wildman–Crippen LogP) is 4.91. The van der Waals surface area contributed by atoms with E-state index in [9.17, 15) is 18.8 Å². The highest BCUT2D eigenvalue weighted by atomic mass is 31.1. The molecule has 0 saturated carbocycles. The highest BCUT2D eigenvalue weighted by molar-refractivity contribution is 7.39. The molecule has 1 fully saturated rings. The lowest BCUT2D eigenvalue weighted by atomic mass is 9.73. The number of hydrogen-bond acceptors (Lipinski definition) is 3. The van der Waals surface area contributed by atoms with Crippen LogP contribution in [0.3, 0.4) is 0 Å². The first kappa shape index (κ1) is 29.6. The molecule has 3 atom stereocenters. The Hall–Kier alpha value is -2.36. The van der Waals surface area contributed by atoms with Crippen LogP contribution in [0.15, 0.2) is 48.5 Å². The van der Waals surface area contributed by atoms with Crippen molar-refractivity contribution in [3.8, 4) is 11.1 Å². The smallest absolute Gasteiger partial charge is 0.245 e. The van der Waals surface area contributed by atoms with Gasteiger partial charge in [-0.25, -0.2) is 4.39 Å². The minimum atomic E-state index is -1.69. The van der Waals surface area contributed by atoms with Crippen molar-refractivity contribution in [3.05, 3.63) is 59.7 Å². The SMILES string of the molecule is CCCCCC(=O)NC1CCN(CCCCC2(C(=O)NCC(F)(P)P)c3ccccc3-c3ccccc32)C1=O. The number of hydrogen-bond donors (Lipinski definition) is 2. The molecule has 39 heavy (non-hydrogen) atoms. The van der Waals surface area contributed by atoms with Crippen LogP contribution in [0, 0.1) is 0 Å². The molecule has 9 heteroatoms. The van der Waals surface area contributed by atoms with E-state index in [1.165, 1.54) is 0 Å². The summed E-state index contributed by atoms with van der Waals surface area (Å²) in [6.07, 6.45) is 5.96. The second-order valence-corrected chi connectivity index (χ2v) is 13.3. The van der Waals surface area contributed by atoms with Gasteiger partial charge in [-0.1, -0.05) is 86.8 Å². The normalized spacial score (nSPS) is 17.6. The Morgan fingerprint density at radius 2 is 1.67 bits per heavy atom. The average Bonchev–Trinajstić information content (AvgIpc) is 3.40. The number of rotatable bonds is 13. The number of alkyl halides is 1. The van der Waals surface area contributed by atoms with Crippen LogP contribution in [0.4, 0.5) is 4.39 Å². The quantitative estimate of drug-likeness (QED) is 0.265. The summed E-state index contributed by atoms with van der Waals surface area (Å²) in [6, 6.07) is 15.5. The van der Waals surface area contributed by atoms with Crippen molar-refractivity contribution in [2.45, 2.75) is 74.9 Å². The summed E-state index contributed by atoms with van der Waals surface area (Å²) in [6.45, 7) is 3.16. The molecule has 2 aromatic carbocycles. The molecule has 6 nitrogen and oxygen atoms in total. The molecule has 3 amide bonds. The molecule has 1 aliphatic heterocycles. The number of benzene rings is 2. The number of likely N-dealkylation sites (tertiary alicyclic amines) is 1. The van der Waals surface area contributed by atoms with E-state index in [0.29, 0.717) is 38.8 Å². The second kappa shape index (κ2) is 12.9. The number of halogens is 1. The maximum atomic E-state index is 14.3. The largest absolute Gasteiger partial charge is 0.351 e. The molecule has 3 unspecified atom stereocenters. The fourth-order valence-electron chi connectivity index (χ4n) is 5.91. The molecule has 4 rings (SSSR count). The number of nitrogens with one attached hydrogen (secondary N) is 2. The minimum absolute atomic E-state index is 0.0250. The van der Waals surface area contributed by atoms with Crippen molar-refractivity contribution in [1.29, 1.82) is 0 Å². The molecule has 0 spiro atoms. The van der Waals surface area contributed by atoms with Crippen molar-refractivity contribution in [2.75, 3.05) is 19.6 Å². The third kappa shape index (κ3) is 6.69. The standard InChI is InChI=1S/C30H40FN3O3P2/c1-2-3-4-15-26(35)33-25-16-19-34(27(25)36)18-10-9-17-29(28(37)32-20-30(31,38)39)23-13-7-5-11-21(23)22-12-6-8-14-24(22)29/h5-8,11-14,25H,2-4,9-10,15-20,38-39H2,1H3,(H,32,37)(H,33,35). The fourth-order valence-corrected chi connectivity index (χ4v) is 6.11. The topological polar surface area (TPSA) is 78.5 Å². The molecule has 2 N–H and O–H groups in total. The van der Waals surface area contributed by atoms with Gasteiger partial charge in [-0.05, 0) is 54.4 Å². The maximum absolute atomic E-state index is 14.3. The third-order valence-electron chi connectivity index (χ3n) is 7.84. The van der Waals surface area contributed by atoms with E-state index < -0.39 is 16.6 Å². The van der Waals surface area contributed by atoms with Crippen LogP contribution in [0.2, 0.25) is 0 Å². The van der Waals surface area contributed by atoms with E-state index in [1.54, 1.807) is 0 Å². The van der Waals surface area contributed by atoms with Gasteiger partial charge in [0.05, 0.1) is 6.54 Å². The number of fused-ring (bicyclic) bond motifs is 3. The van der Waals surface area contributed by atoms with Gasteiger partial charge < -0.3 is 15.5 Å². The van der Waals surface area contributed by atoms with E-state index in [2.05, 4.69) is 36.0 Å². The van der Waals surface area contributed by atoms with E-state index in [1.807, 2.05) is 53.4 Å². The zero-order valence-electron chi connectivity index (χ0n) is 22.7. The summed E-state index contributed by atoms with van der Waals surface area (Å²) < 4.78 is 14.3. The van der Waals surface area contributed by atoms with Crippen LogP contribution in [0.25, 0.3) is 11.1 Å². The molecule has 1 aliphatic carbocycles. The van der Waals surface area contributed by atoms with Crippen molar-refractivity contribution in [1.82, 2.24) is 15.5 Å². The summed E-state index contributed by atoms with van der Waals surface area (Å²) >= 11 is 0. The Labute approximate surface area is 235 Å². The number of amides is 3. The van der Waals surface area contributed by atoms with Crippen LogP contribution in [0.1, 0.15) is 69.4 Å². The number of nitrogens with zero attached hydrogens (tertiary/aromatic N) is 1. The van der Waals surface area contributed by atoms with E-state index in [-0.39, 0.29) is 24.3 Å². The highest BCUT2D eigenvalue weighted by Gasteiger charge is 2.48. The van der Waals surface area contributed by atoms with Gasteiger partial charge >= 0.3 is 0 Å². The van der Waals surface area contributed by atoms with Crippen molar-refractivity contribution < 1.29 is 18.8 Å². The van der Waals surface area contributed by atoms with Gasteiger partial charge in [-0.2, -0.15) is 0 Å². The lowest BCUT2D eigenvalue weighted by Crippen LogP contribution is -2.46. The van der Waals surface area contributed by atoms with E-state index in [4.69, 9.17) is 0 Å². The first-order valence-electron chi connectivity index (χ1n) is 14.0. The Kier molecular flexibility index (Phi) is 9.78. The van der Waals surface area contributed by atoms with Gasteiger partial charge in [-0.15, -0.1) is 0 Å². The number of carbonyl (C=O) groups excluding carboxylic acids is 3. The summed E-state index contributed by atoms with van der Waals surface area (Å²) in [5, 5.41) is 4.07. The first-order valence-corrected chi connectivity index (χ1v) is 15.2. The zero-order chi connectivity index (χ0) is 28.0. The Bertz CT molecular complexity index is 1150. The van der Waals surface area contributed by atoms with Crippen LogP contribution in [-0.2, 0) is 19.8 Å². The van der Waals surface area contributed by atoms with Gasteiger partial charge in [0.1, 0.15) is 11.5 Å². The van der Waals surface area contributed by atoms with E-state index in [0.717, 1.165) is 47.9 Å². The second-order valence-electron chi connectivity index (χ2n) is 10.8. The predicted molar refractivity (Wildman–Crippen MR) is 160 cm³/mol. The Morgan fingerprint density at radius 1 is 1.03 bits per heavy atom. The Balaban J connectivity index is 1.43. The molecule has 1 saturated heterocycles. The highest BCUT2D eigenvalue weighted by Crippen LogP contribution is 2.51. The Morgan fingerprint density at radius 3 is 2.28 bits per heavy atom. The van der Waals surface area contributed by atoms with E-state index >= 15 is 0 Å². The lowest BCUT2D eigenvalue weighted by Gasteiger charge is -2.32. The van der Waals surface area contributed by atoms with Gasteiger partial charge in [0.2, 0.25) is 17.7 Å². The van der Waals surface area contributed by atoms with Crippen LogP contribution < -0.4 is 10.6 Å². The van der Waals surface area contributed by atoms with Gasteiger partial charge in [-0.3, -0.25) is 14.4 Å². The number of carbonyl (C=O) groups is 3. The fraction of sp³-hybridized carbons (Fsp3) is 0.500. The lowest BCUT2D eigenvalue weighted by molar-refractivity contribution is -0.132. The number of unbranched alkanes of at least 4 members (excludes halogenated alkanes) is 3. The molecule has 210 valence electrons. The summed E-state index contributed by atoms with van der Waals surface area (Å²) in [7, 11) is 4.21. The van der Waals surface area contributed by atoms with Crippen LogP contribution >= 0.6 is 18.5 Å². The molecule has 0 radical (unpaired) electrons. The minimum Gasteiger partial charge on any atom is -0.351 e. The molecule has 0 aromatic heterocycles.